The van der Waals surface area contributed by atoms with Crippen LogP contribution in [0.5, 0.6) is 0 Å². The maximum absolute atomic E-state index is 12.7. The van der Waals surface area contributed by atoms with Crippen LogP contribution in [0, 0.1) is 0 Å². The van der Waals surface area contributed by atoms with Crippen molar-refractivity contribution in [2.75, 3.05) is 5.32 Å². The molecule has 3 rings (SSSR count). The molecule has 27 heavy (non-hydrogen) atoms. The highest BCUT2D eigenvalue weighted by molar-refractivity contribution is 6.30. The molecule has 138 valence electrons. The van der Waals surface area contributed by atoms with Gasteiger partial charge in [0.25, 0.3) is 5.91 Å². The first-order valence-electron chi connectivity index (χ1n) is 8.50. The van der Waals surface area contributed by atoms with Gasteiger partial charge in [0.15, 0.2) is 11.5 Å². The van der Waals surface area contributed by atoms with Gasteiger partial charge in [-0.2, -0.15) is 0 Å². The van der Waals surface area contributed by atoms with Crippen molar-refractivity contribution in [1.29, 1.82) is 0 Å². The molecule has 1 heterocycles. The third kappa shape index (κ3) is 4.06. The summed E-state index contributed by atoms with van der Waals surface area (Å²) in [6, 6.07) is 13.9. The van der Waals surface area contributed by atoms with Crippen molar-refractivity contribution in [3.8, 4) is 5.69 Å². The Morgan fingerprint density at radius 3 is 2.22 bits per heavy atom. The Morgan fingerprint density at radius 2 is 1.67 bits per heavy atom. The van der Waals surface area contributed by atoms with E-state index in [1.807, 2.05) is 26.0 Å². The number of nitrogens with zero attached hydrogens (tertiary/aromatic N) is 3. The highest BCUT2D eigenvalue weighted by atomic mass is 35.5. The molecule has 1 N–H and O–H groups in total. The highest BCUT2D eigenvalue weighted by Gasteiger charge is 2.23. The molecule has 0 spiro atoms. The van der Waals surface area contributed by atoms with Gasteiger partial charge in [-0.1, -0.05) is 30.7 Å². The third-order valence-electron chi connectivity index (χ3n) is 4.09. The number of aromatic nitrogens is 3. The number of anilines is 1. The average Bonchev–Trinajstić information content (AvgIpc) is 3.08. The van der Waals surface area contributed by atoms with Crippen molar-refractivity contribution in [3.05, 3.63) is 70.5 Å². The number of rotatable bonds is 5. The van der Waals surface area contributed by atoms with E-state index >= 15 is 0 Å². The summed E-state index contributed by atoms with van der Waals surface area (Å²) in [6.45, 7) is 5.45. The fourth-order valence-corrected chi connectivity index (χ4v) is 2.85. The van der Waals surface area contributed by atoms with Crippen LogP contribution in [0.15, 0.2) is 48.5 Å². The standard InChI is InChI=1S/C20H19ClN4O2/c1-12(2)19-18(23-24-25(19)17-10-6-15(21)7-11-17)20(27)22-16-8-4-14(5-9-16)13(3)26/h4-12H,1-3H3,(H,22,27). The van der Waals surface area contributed by atoms with E-state index < -0.39 is 0 Å². The van der Waals surface area contributed by atoms with Crippen LogP contribution in [0.1, 0.15) is 53.2 Å². The van der Waals surface area contributed by atoms with Gasteiger partial charge in [0.2, 0.25) is 0 Å². The van der Waals surface area contributed by atoms with E-state index in [4.69, 9.17) is 11.6 Å². The van der Waals surface area contributed by atoms with Gasteiger partial charge in [0.05, 0.1) is 11.4 Å². The number of carbonyl (C=O) groups excluding carboxylic acids is 2. The van der Waals surface area contributed by atoms with Crippen molar-refractivity contribution in [1.82, 2.24) is 15.0 Å². The van der Waals surface area contributed by atoms with Crippen LogP contribution in [-0.2, 0) is 0 Å². The molecule has 0 aliphatic carbocycles. The zero-order valence-corrected chi connectivity index (χ0v) is 16.0. The average molecular weight is 383 g/mol. The lowest BCUT2D eigenvalue weighted by Crippen LogP contribution is -2.16. The number of benzene rings is 2. The molecule has 6 nitrogen and oxygen atoms in total. The third-order valence-corrected chi connectivity index (χ3v) is 4.34. The predicted molar refractivity (Wildman–Crippen MR) is 105 cm³/mol. The fraction of sp³-hybridized carbons (Fsp3) is 0.200. The van der Waals surface area contributed by atoms with Crippen LogP contribution in [0.4, 0.5) is 5.69 Å². The van der Waals surface area contributed by atoms with E-state index in [0.29, 0.717) is 22.0 Å². The van der Waals surface area contributed by atoms with E-state index in [2.05, 4.69) is 15.6 Å². The molecule has 0 fully saturated rings. The summed E-state index contributed by atoms with van der Waals surface area (Å²) < 4.78 is 1.65. The molecule has 1 aromatic heterocycles. The number of Topliss-reactive ketones (excluding diaryl/α,β-unsaturated/α-hetero) is 1. The Hall–Kier alpha value is -2.99. The molecule has 0 aliphatic rings. The second-order valence-corrected chi connectivity index (χ2v) is 6.89. The molecule has 1 amide bonds. The minimum atomic E-state index is -0.352. The number of amides is 1. The largest absolute Gasteiger partial charge is 0.321 e. The molecule has 0 bridgehead atoms. The number of ketones is 1. The van der Waals surface area contributed by atoms with Crippen LogP contribution in [0.25, 0.3) is 5.69 Å². The van der Waals surface area contributed by atoms with Gasteiger partial charge in [-0.3, -0.25) is 9.59 Å². The number of carbonyl (C=O) groups is 2. The van der Waals surface area contributed by atoms with E-state index in [0.717, 1.165) is 5.69 Å². The molecule has 0 unspecified atom stereocenters. The van der Waals surface area contributed by atoms with Gasteiger partial charge in [0, 0.05) is 16.3 Å². The van der Waals surface area contributed by atoms with Crippen LogP contribution in [0.2, 0.25) is 5.02 Å². The maximum atomic E-state index is 12.7. The Bertz CT molecular complexity index is 976. The molecule has 7 heteroatoms. The quantitative estimate of drug-likeness (QED) is 0.659. The topological polar surface area (TPSA) is 76.9 Å². The molecule has 3 aromatic rings. The molecule has 0 aliphatic heterocycles. The second-order valence-electron chi connectivity index (χ2n) is 6.45. The first-order valence-corrected chi connectivity index (χ1v) is 8.88. The van der Waals surface area contributed by atoms with Gasteiger partial charge in [-0.05, 0) is 61.4 Å². The van der Waals surface area contributed by atoms with Crippen molar-refractivity contribution >= 4 is 29.0 Å². The summed E-state index contributed by atoms with van der Waals surface area (Å²) in [4.78, 5) is 24.1. The van der Waals surface area contributed by atoms with Gasteiger partial charge in [-0.25, -0.2) is 4.68 Å². The first-order chi connectivity index (χ1) is 12.9. The zero-order valence-electron chi connectivity index (χ0n) is 15.2. The fourth-order valence-electron chi connectivity index (χ4n) is 2.72. The highest BCUT2D eigenvalue weighted by Crippen LogP contribution is 2.23. The Balaban J connectivity index is 1.90. The summed E-state index contributed by atoms with van der Waals surface area (Å²) in [5.74, 6) is -0.355. The van der Waals surface area contributed by atoms with Gasteiger partial charge in [0.1, 0.15) is 0 Å². The van der Waals surface area contributed by atoms with Crippen molar-refractivity contribution in [2.24, 2.45) is 0 Å². The lowest BCUT2D eigenvalue weighted by atomic mass is 10.1. The summed E-state index contributed by atoms with van der Waals surface area (Å²) in [6.07, 6.45) is 0. The normalized spacial score (nSPS) is 10.9. The lowest BCUT2D eigenvalue weighted by molar-refractivity contribution is 0.101. The van der Waals surface area contributed by atoms with Crippen LogP contribution < -0.4 is 5.32 Å². The molecule has 0 saturated carbocycles. The Labute approximate surface area is 162 Å². The van der Waals surface area contributed by atoms with Crippen molar-refractivity contribution in [2.45, 2.75) is 26.7 Å². The number of hydrogen-bond donors (Lipinski definition) is 1. The van der Waals surface area contributed by atoms with E-state index in [-0.39, 0.29) is 23.3 Å². The van der Waals surface area contributed by atoms with E-state index in [1.54, 1.807) is 41.1 Å². The summed E-state index contributed by atoms with van der Waals surface area (Å²) in [7, 11) is 0. The van der Waals surface area contributed by atoms with Crippen LogP contribution in [0.3, 0.4) is 0 Å². The second kappa shape index (κ2) is 7.72. The maximum Gasteiger partial charge on any atom is 0.278 e. The summed E-state index contributed by atoms with van der Waals surface area (Å²) >= 11 is 5.95. The molecule has 2 aromatic carbocycles. The number of halogens is 1. The van der Waals surface area contributed by atoms with Gasteiger partial charge < -0.3 is 5.32 Å². The minimum Gasteiger partial charge on any atom is -0.321 e. The number of nitrogens with one attached hydrogen (secondary N) is 1. The molecular formula is C20H19ClN4O2. The zero-order chi connectivity index (χ0) is 19.6. The minimum absolute atomic E-state index is 0.0246. The monoisotopic (exact) mass is 382 g/mol. The SMILES string of the molecule is CC(=O)c1ccc(NC(=O)c2nnn(-c3ccc(Cl)cc3)c2C(C)C)cc1. The molecule has 0 radical (unpaired) electrons. The smallest absolute Gasteiger partial charge is 0.278 e. The summed E-state index contributed by atoms with van der Waals surface area (Å²) in [5, 5.41) is 11.7. The van der Waals surface area contributed by atoms with E-state index in [1.165, 1.54) is 6.92 Å². The van der Waals surface area contributed by atoms with Crippen LogP contribution in [-0.4, -0.2) is 26.7 Å². The Morgan fingerprint density at radius 1 is 1.04 bits per heavy atom. The van der Waals surface area contributed by atoms with Gasteiger partial charge in [-0.15, -0.1) is 5.10 Å². The molecule has 0 atom stereocenters. The van der Waals surface area contributed by atoms with Crippen molar-refractivity contribution in [3.63, 3.8) is 0 Å². The molecular weight excluding hydrogens is 364 g/mol. The Kier molecular flexibility index (Phi) is 5.37. The first kappa shape index (κ1) is 18.8. The van der Waals surface area contributed by atoms with Crippen molar-refractivity contribution < 1.29 is 9.59 Å². The lowest BCUT2D eigenvalue weighted by Gasteiger charge is -2.11. The number of hydrogen-bond acceptors (Lipinski definition) is 4. The van der Waals surface area contributed by atoms with Gasteiger partial charge >= 0.3 is 0 Å². The predicted octanol–water partition coefficient (Wildman–Crippen LogP) is 4.50. The summed E-state index contributed by atoms with van der Waals surface area (Å²) in [5.41, 5.74) is 2.91. The molecule has 0 saturated heterocycles. The van der Waals surface area contributed by atoms with E-state index in [9.17, 15) is 9.59 Å². The van der Waals surface area contributed by atoms with Crippen LogP contribution >= 0.6 is 11.6 Å².